The second kappa shape index (κ2) is 9.63. The first-order valence-electron chi connectivity index (χ1n) is 10.1. The summed E-state index contributed by atoms with van der Waals surface area (Å²) in [6, 6.07) is 16.4. The number of amides is 4. The quantitative estimate of drug-likeness (QED) is 0.408. The average molecular weight is 547 g/mol. The van der Waals surface area contributed by atoms with Gasteiger partial charge in [-0.15, -0.1) is 0 Å². The van der Waals surface area contributed by atoms with Crippen LogP contribution < -0.4 is 10.2 Å². The van der Waals surface area contributed by atoms with Gasteiger partial charge in [-0.25, -0.2) is 9.69 Å². The van der Waals surface area contributed by atoms with Crippen LogP contribution in [0.15, 0.2) is 71.3 Å². The summed E-state index contributed by atoms with van der Waals surface area (Å²) in [5, 5.41) is 2.96. The number of rotatable bonds is 6. The van der Waals surface area contributed by atoms with E-state index >= 15 is 0 Å². The van der Waals surface area contributed by atoms with Crippen molar-refractivity contribution in [3.63, 3.8) is 0 Å². The highest BCUT2D eigenvalue weighted by Gasteiger charge is 2.54. The summed E-state index contributed by atoms with van der Waals surface area (Å²) in [6.45, 7) is 0. The van der Waals surface area contributed by atoms with Crippen molar-refractivity contribution in [1.29, 1.82) is 0 Å². The fraction of sp³-hybridized carbons (Fsp3) is 0.167. The SMILES string of the molecule is O=C1NC(=O)[C@@](CCc2ccccn2)(Cc2cccc(Cl)c2Cl)C(=O)N1c1ccc(Br)cc1. The molecule has 0 unspecified atom stereocenters. The van der Waals surface area contributed by atoms with Gasteiger partial charge in [0, 0.05) is 16.4 Å². The topological polar surface area (TPSA) is 79.4 Å². The number of imide groups is 2. The monoisotopic (exact) mass is 545 g/mol. The normalized spacial score (nSPS) is 18.4. The van der Waals surface area contributed by atoms with E-state index < -0.39 is 23.3 Å². The number of nitrogens with one attached hydrogen (secondary N) is 1. The molecule has 0 saturated carbocycles. The van der Waals surface area contributed by atoms with Gasteiger partial charge in [-0.2, -0.15) is 0 Å². The molecular weight excluding hydrogens is 529 g/mol. The van der Waals surface area contributed by atoms with Crippen LogP contribution in [0.1, 0.15) is 17.7 Å². The largest absolute Gasteiger partial charge is 0.335 e. The minimum Gasteiger partial charge on any atom is -0.276 e. The molecule has 1 saturated heterocycles. The summed E-state index contributed by atoms with van der Waals surface area (Å²) in [4.78, 5) is 45.3. The van der Waals surface area contributed by atoms with E-state index in [0.29, 0.717) is 22.7 Å². The van der Waals surface area contributed by atoms with E-state index in [0.717, 1.165) is 15.1 Å². The molecule has 1 fully saturated rings. The Morgan fingerprint density at radius 2 is 1.73 bits per heavy atom. The van der Waals surface area contributed by atoms with Gasteiger partial charge in [-0.1, -0.05) is 57.3 Å². The van der Waals surface area contributed by atoms with Crippen LogP contribution in [-0.2, 0) is 22.4 Å². The Morgan fingerprint density at radius 3 is 2.42 bits per heavy atom. The third-order valence-electron chi connectivity index (χ3n) is 5.61. The summed E-state index contributed by atoms with van der Waals surface area (Å²) in [5.41, 5.74) is 0.0282. The first kappa shape index (κ1) is 23.4. The molecule has 4 rings (SSSR count). The maximum absolute atomic E-state index is 13.9. The summed E-state index contributed by atoms with van der Waals surface area (Å²) in [6.07, 6.45) is 2.10. The number of aromatic nitrogens is 1. The zero-order valence-corrected chi connectivity index (χ0v) is 20.3. The number of benzene rings is 2. The summed E-state index contributed by atoms with van der Waals surface area (Å²) >= 11 is 16.0. The van der Waals surface area contributed by atoms with Crippen LogP contribution in [-0.4, -0.2) is 22.8 Å². The Kier molecular flexibility index (Phi) is 6.83. The number of hydrogen-bond donors (Lipinski definition) is 1. The number of nitrogens with zero attached hydrogens (tertiary/aromatic N) is 2. The number of hydrogen-bond acceptors (Lipinski definition) is 4. The molecule has 1 atom stereocenters. The summed E-state index contributed by atoms with van der Waals surface area (Å²) in [5.74, 6) is -1.29. The van der Waals surface area contributed by atoms with E-state index in [2.05, 4.69) is 26.2 Å². The highest BCUT2D eigenvalue weighted by molar-refractivity contribution is 9.10. The molecule has 1 aromatic heterocycles. The van der Waals surface area contributed by atoms with Crippen LogP contribution in [0.4, 0.5) is 10.5 Å². The Labute approximate surface area is 209 Å². The number of carbonyl (C=O) groups excluding carboxylic acids is 3. The van der Waals surface area contributed by atoms with Crippen molar-refractivity contribution in [1.82, 2.24) is 10.3 Å². The van der Waals surface area contributed by atoms with Crippen LogP contribution in [0.3, 0.4) is 0 Å². The van der Waals surface area contributed by atoms with Gasteiger partial charge in [-0.05, 0) is 67.3 Å². The number of carbonyl (C=O) groups is 3. The van der Waals surface area contributed by atoms with Gasteiger partial charge < -0.3 is 0 Å². The van der Waals surface area contributed by atoms with Crippen LogP contribution in [0.25, 0.3) is 0 Å². The Hall–Kier alpha value is -2.74. The lowest BCUT2D eigenvalue weighted by Gasteiger charge is -2.39. The standard InChI is InChI=1S/C24H18BrCl2N3O3/c25-16-7-9-18(10-8-16)30-22(32)24(21(31)29-23(30)33,12-11-17-5-1-2-13-28-17)14-15-4-3-6-19(26)20(15)27/h1-10,13H,11-12,14H2,(H,29,31,33)/t24-/m1/s1. The highest BCUT2D eigenvalue weighted by atomic mass is 79.9. The molecule has 2 aromatic carbocycles. The Bertz CT molecular complexity index is 1220. The molecular formula is C24H18BrCl2N3O3. The number of pyridine rings is 1. The van der Waals surface area contributed by atoms with Gasteiger partial charge in [-0.3, -0.25) is 19.9 Å². The Morgan fingerprint density at radius 1 is 0.970 bits per heavy atom. The molecule has 2 heterocycles. The van der Waals surface area contributed by atoms with Crippen molar-refractivity contribution in [3.05, 3.63) is 92.6 Å². The predicted octanol–water partition coefficient (Wildman–Crippen LogP) is 5.60. The zero-order chi connectivity index (χ0) is 23.6. The highest BCUT2D eigenvalue weighted by Crippen LogP contribution is 2.39. The predicted molar refractivity (Wildman–Crippen MR) is 130 cm³/mol. The molecule has 1 N–H and O–H groups in total. The fourth-order valence-electron chi connectivity index (χ4n) is 3.86. The Balaban J connectivity index is 1.79. The lowest BCUT2D eigenvalue weighted by Crippen LogP contribution is -2.65. The fourth-order valence-corrected chi connectivity index (χ4v) is 4.51. The van der Waals surface area contributed by atoms with Crippen molar-refractivity contribution in [3.8, 4) is 0 Å². The number of barbiturate groups is 1. The molecule has 0 spiro atoms. The van der Waals surface area contributed by atoms with Crippen LogP contribution in [0, 0.1) is 5.41 Å². The molecule has 6 nitrogen and oxygen atoms in total. The van der Waals surface area contributed by atoms with Gasteiger partial charge >= 0.3 is 6.03 Å². The second-order valence-electron chi connectivity index (χ2n) is 7.67. The van der Waals surface area contributed by atoms with E-state index in [1.54, 1.807) is 54.7 Å². The second-order valence-corrected chi connectivity index (χ2v) is 9.37. The van der Waals surface area contributed by atoms with Crippen LogP contribution in [0.5, 0.6) is 0 Å². The first-order chi connectivity index (χ1) is 15.8. The number of aryl methyl sites for hydroxylation is 1. The maximum atomic E-state index is 13.9. The minimum atomic E-state index is -1.59. The first-order valence-corrected chi connectivity index (χ1v) is 11.6. The summed E-state index contributed by atoms with van der Waals surface area (Å²) in [7, 11) is 0. The van der Waals surface area contributed by atoms with E-state index in [1.807, 2.05) is 12.1 Å². The molecule has 3 aromatic rings. The third-order valence-corrected chi connectivity index (χ3v) is 7.00. The van der Waals surface area contributed by atoms with E-state index in [9.17, 15) is 14.4 Å². The molecule has 4 amide bonds. The van der Waals surface area contributed by atoms with Gasteiger partial charge in [0.25, 0.3) is 5.91 Å². The number of halogens is 3. The van der Waals surface area contributed by atoms with Gasteiger partial charge in [0.1, 0.15) is 5.41 Å². The lowest BCUT2D eigenvalue weighted by molar-refractivity contribution is -0.143. The summed E-state index contributed by atoms with van der Waals surface area (Å²) < 4.78 is 0.791. The van der Waals surface area contributed by atoms with Crippen molar-refractivity contribution in [2.75, 3.05) is 4.90 Å². The number of urea groups is 1. The molecule has 1 aliphatic rings. The number of anilines is 1. The average Bonchev–Trinajstić information content (AvgIpc) is 2.80. The molecule has 9 heteroatoms. The van der Waals surface area contributed by atoms with Crippen LogP contribution in [0.2, 0.25) is 10.0 Å². The van der Waals surface area contributed by atoms with E-state index in [1.165, 1.54) is 0 Å². The van der Waals surface area contributed by atoms with Crippen molar-refractivity contribution >= 4 is 62.7 Å². The van der Waals surface area contributed by atoms with Crippen molar-refractivity contribution < 1.29 is 14.4 Å². The smallest absolute Gasteiger partial charge is 0.276 e. The van der Waals surface area contributed by atoms with Crippen molar-refractivity contribution in [2.24, 2.45) is 5.41 Å². The van der Waals surface area contributed by atoms with Gasteiger partial charge in [0.15, 0.2) is 0 Å². The minimum absolute atomic E-state index is 0.0236. The molecule has 0 radical (unpaired) electrons. The van der Waals surface area contributed by atoms with Crippen LogP contribution >= 0.6 is 39.1 Å². The third kappa shape index (κ3) is 4.67. The van der Waals surface area contributed by atoms with E-state index in [-0.39, 0.29) is 17.9 Å². The maximum Gasteiger partial charge on any atom is 0.335 e. The van der Waals surface area contributed by atoms with Crippen molar-refractivity contribution in [2.45, 2.75) is 19.3 Å². The molecule has 33 heavy (non-hydrogen) atoms. The molecule has 0 aliphatic carbocycles. The van der Waals surface area contributed by atoms with E-state index in [4.69, 9.17) is 23.2 Å². The molecule has 0 bridgehead atoms. The zero-order valence-electron chi connectivity index (χ0n) is 17.2. The van der Waals surface area contributed by atoms with Gasteiger partial charge in [0.2, 0.25) is 5.91 Å². The molecule has 168 valence electrons. The molecule has 1 aliphatic heterocycles. The lowest BCUT2D eigenvalue weighted by atomic mass is 9.74. The van der Waals surface area contributed by atoms with Gasteiger partial charge in [0.05, 0.1) is 15.7 Å².